The number of aromatic amines is 1. The number of aldehydes is 1. The number of aromatic hydroxyl groups is 1. The monoisotopic (exact) mass is 377 g/mol. The van der Waals surface area contributed by atoms with Crippen LogP contribution in [0.15, 0.2) is 29.1 Å². The van der Waals surface area contributed by atoms with E-state index in [2.05, 4.69) is 17.3 Å². The van der Waals surface area contributed by atoms with Gasteiger partial charge >= 0.3 is 0 Å². The molecule has 2 aromatic rings. The quantitative estimate of drug-likeness (QED) is 0.402. The summed E-state index contributed by atoms with van der Waals surface area (Å²) in [7, 11) is 0. The maximum atomic E-state index is 11.8. The number of H-pyrrole nitrogens is 1. The fourth-order valence-corrected chi connectivity index (χ4v) is 2.25. The van der Waals surface area contributed by atoms with E-state index in [4.69, 9.17) is 9.47 Å². The molecule has 0 atom stereocenters. The number of benzene rings is 1. The Morgan fingerprint density at radius 2 is 1.93 bits per heavy atom. The number of rotatable bonds is 11. The van der Waals surface area contributed by atoms with Crippen LogP contribution in [0.3, 0.4) is 0 Å². The summed E-state index contributed by atoms with van der Waals surface area (Å²) in [5, 5.41) is 14.9. The first-order chi connectivity index (χ1) is 13.1. The molecule has 0 spiro atoms. The molecule has 0 radical (unpaired) electrons. The highest BCUT2D eigenvalue weighted by molar-refractivity contribution is 5.91. The standard InChI is InChI=1S/C18H23N3O6/c1-2-3-8-26-9-10-27-12-16(23)19-13-4-6-14(7-5-13)21-18(25)15(11-22)17(24)20-21/h4-7,11,25H,2-3,8-10,12H2,1H3,(H,19,23)(H,20,24). The lowest BCUT2D eigenvalue weighted by Crippen LogP contribution is -2.19. The normalized spacial score (nSPS) is 10.7. The van der Waals surface area contributed by atoms with Gasteiger partial charge in [0.2, 0.25) is 11.8 Å². The molecule has 0 fully saturated rings. The highest BCUT2D eigenvalue weighted by atomic mass is 16.5. The summed E-state index contributed by atoms with van der Waals surface area (Å²) >= 11 is 0. The number of carbonyl (C=O) groups excluding carboxylic acids is 2. The van der Waals surface area contributed by atoms with Crippen molar-refractivity contribution in [2.75, 3.05) is 31.7 Å². The summed E-state index contributed by atoms with van der Waals surface area (Å²) in [6, 6.07) is 6.34. The van der Waals surface area contributed by atoms with Crippen molar-refractivity contribution < 1.29 is 24.2 Å². The smallest absolute Gasteiger partial charge is 0.279 e. The number of nitrogens with one attached hydrogen (secondary N) is 2. The Hall–Kier alpha value is -2.91. The average Bonchev–Trinajstić information content (AvgIpc) is 2.95. The second-order valence-corrected chi connectivity index (χ2v) is 5.75. The summed E-state index contributed by atoms with van der Waals surface area (Å²) in [6.45, 7) is 3.47. The van der Waals surface area contributed by atoms with Gasteiger partial charge in [-0.2, -0.15) is 0 Å². The summed E-state index contributed by atoms with van der Waals surface area (Å²) in [4.78, 5) is 34.1. The van der Waals surface area contributed by atoms with Crippen LogP contribution in [-0.4, -0.2) is 53.5 Å². The third-order valence-electron chi connectivity index (χ3n) is 3.69. The molecule has 1 amide bonds. The Bertz CT molecular complexity index is 809. The highest BCUT2D eigenvalue weighted by Crippen LogP contribution is 2.19. The molecule has 146 valence electrons. The molecular formula is C18H23N3O6. The first-order valence-corrected chi connectivity index (χ1v) is 8.61. The molecular weight excluding hydrogens is 354 g/mol. The molecule has 0 saturated carbocycles. The van der Waals surface area contributed by atoms with Crippen molar-refractivity contribution in [2.45, 2.75) is 19.8 Å². The molecule has 3 N–H and O–H groups in total. The Morgan fingerprint density at radius 1 is 1.22 bits per heavy atom. The van der Waals surface area contributed by atoms with E-state index < -0.39 is 11.4 Å². The molecule has 0 aliphatic rings. The predicted molar refractivity (Wildman–Crippen MR) is 98.6 cm³/mol. The number of amides is 1. The van der Waals surface area contributed by atoms with E-state index in [9.17, 15) is 19.5 Å². The van der Waals surface area contributed by atoms with Gasteiger partial charge in [0.1, 0.15) is 12.2 Å². The van der Waals surface area contributed by atoms with Gasteiger partial charge in [0.25, 0.3) is 5.56 Å². The maximum Gasteiger partial charge on any atom is 0.279 e. The van der Waals surface area contributed by atoms with Gasteiger partial charge in [-0.25, -0.2) is 4.68 Å². The number of unbranched alkanes of at least 4 members (excludes halogenated alkanes) is 1. The maximum absolute atomic E-state index is 11.8. The molecule has 1 aromatic carbocycles. The third-order valence-corrected chi connectivity index (χ3v) is 3.69. The molecule has 0 bridgehead atoms. The lowest BCUT2D eigenvalue weighted by Gasteiger charge is -2.08. The Kier molecular flexibility index (Phi) is 7.78. The summed E-state index contributed by atoms with van der Waals surface area (Å²) in [5.41, 5.74) is -0.0776. The molecule has 1 heterocycles. The number of nitrogens with zero attached hydrogens (tertiary/aromatic N) is 1. The number of carbonyl (C=O) groups is 2. The molecule has 0 saturated heterocycles. The van der Waals surface area contributed by atoms with Gasteiger partial charge in [0, 0.05) is 12.3 Å². The SMILES string of the molecule is CCCCOCCOCC(=O)Nc1ccc(-n2[nH]c(=O)c(C=O)c2O)cc1. The fraction of sp³-hybridized carbons (Fsp3) is 0.389. The molecule has 2 rings (SSSR count). The topological polar surface area (TPSA) is 123 Å². The highest BCUT2D eigenvalue weighted by Gasteiger charge is 2.14. The van der Waals surface area contributed by atoms with Crippen LogP contribution in [0.4, 0.5) is 5.69 Å². The second-order valence-electron chi connectivity index (χ2n) is 5.75. The molecule has 9 nitrogen and oxygen atoms in total. The molecule has 0 aliphatic carbocycles. The van der Waals surface area contributed by atoms with Crippen molar-refractivity contribution in [3.8, 4) is 11.6 Å². The zero-order valence-corrected chi connectivity index (χ0v) is 15.1. The van der Waals surface area contributed by atoms with Crippen molar-refractivity contribution in [1.29, 1.82) is 0 Å². The minimum absolute atomic E-state index is 0.0900. The second kappa shape index (κ2) is 10.3. The zero-order chi connectivity index (χ0) is 19.6. The van der Waals surface area contributed by atoms with Gasteiger partial charge < -0.3 is 19.9 Å². The van der Waals surface area contributed by atoms with E-state index in [0.717, 1.165) is 17.5 Å². The van der Waals surface area contributed by atoms with Gasteiger partial charge in [-0.15, -0.1) is 0 Å². The minimum Gasteiger partial charge on any atom is -0.493 e. The lowest BCUT2D eigenvalue weighted by atomic mass is 10.2. The van der Waals surface area contributed by atoms with E-state index in [1.807, 2.05) is 0 Å². The van der Waals surface area contributed by atoms with Crippen molar-refractivity contribution in [3.05, 3.63) is 40.2 Å². The van der Waals surface area contributed by atoms with Crippen LogP contribution < -0.4 is 10.9 Å². The van der Waals surface area contributed by atoms with Crippen LogP contribution in [-0.2, 0) is 14.3 Å². The average molecular weight is 377 g/mol. The van der Waals surface area contributed by atoms with Gasteiger partial charge in [0.05, 0.1) is 18.9 Å². The third kappa shape index (κ3) is 5.80. The van der Waals surface area contributed by atoms with Crippen LogP contribution in [0.2, 0.25) is 0 Å². The summed E-state index contributed by atoms with van der Waals surface area (Å²) in [6.07, 6.45) is 2.36. The minimum atomic E-state index is -0.685. The molecule has 9 heteroatoms. The Morgan fingerprint density at radius 3 is 2.56 bits per heavy atom. The summed E-state index contributed by atoms with van der Waals surface area (Å²) < 4.78 is 11.7. The zero-order valence-electron chi connectivity index (χ0n) is 15.1. The Labute approximate surface area is 155 Å². The number of hydrogen-bond acceptors (Lipinski definition) is 6. The van der Waals surface area contributed by atoms with Gasteiger partial charge in [-0.05, 0) is 30.7 Å². The Balaban J connectivity index is 1.82. The lowest BCUT2D eigenvalue weighted by molar-refractivity contribution is -0.121. The largest absolute Gasteiger partial charge is 0.493 e. The van der Waals surface area contributed by atoms with Gasteiger partial charge in [-0.1, -0.05) is 13.3 Å². The van der Waals surface area contributed by atoms with E-state index in [1.54, 1.807) is 24.3 Å². The number of hydrogen-bond donors (Lipinski definition) is 3. The van der Waals surface area contributed by atoms with E-state index >= 15 is 0 Å². The van der Waals surface area contributed by atoms with E-state index in [-0.39, 0.29) is 24.4 Å². The van der Waals surface area contributed by atoms with Gasteiger partial charge in [0.15, 0.2) is 6.29 Å². The molecule has 27 heavy (non-hydrogen) atoms. The van der Waals surface area contributed by atoms with Crippen molar-refractivity contribution in [3.63, 3.8) is 0 Å². The van der Waals surface area contributed by atoms with Crippen LogP contribution in [0.25, 0.3) is 5.69 Å². The number of anilines is 1. The molecule has 1 aromatic heterocycles. The first-order valence-electron chi connectivity index (χ1n) is 8.61. The van der Waals surface area contributed by atoms with Crippen molar-refractivity contribution in [2.24, 2.45) is 0 Å². The van der Waals surface area contributed by atoms with Crippen LogP contribution in [0, 0.1) is 0 Å². The van der Waals surface area contributed by atoms with Crippen LogP contribution in [0.1, 0.15) is 30.1 Å². The van der Waals surface area contributed by atoms with E-state index in [0.29, 0.717) is 31.2 Å². The van der Waals surface area contributed by atoms with E-state index in [1.165, 1.54) is 0 Å². The number of aromatic nitrogens is 2. The predicted octanol–water partition coefficient (Wildman–Crippen LogP) is 1.46. The van der Waals surface area contributed by atoms with Crippen molar-refractivity contribution >= 4 is 17.9 Å². The first kappa shape index (κ1) is 20.4. The molecule has 0 aliphatic heterocycles. The van der Waals surface area contributed by atoms with Crippen LogP contribution in [0.5, 0.6) is 5.88 Å². The molecule has 0 unspecified atom stereocenters. The van der Waals surface area contributed by atoms with Gasteiger partial charge in [-0.3, -0.25) is 19.5 Å². The summed E-state index contributed by atoms with van der Waals surface area (Å²) in [5.74, 6) is -0.780. The van der Waals surface area contributed by atoms with Crippen LogP contribution >= 0.6 is 0 Å². The number of ether oxygens (including phenoxy) is 2. The van der Waals surface area contributed by atoms with Crippen molar-refractivity contribution in [1.82, 2.24) is 9.78 Å². The fourth-order valence-electron chi connectivity index (χ4n) is 2.25.